The number of nitrogens with zero attached hydrogens (tertiary/aromatic N) is 1. The number of carbonyl (C=O) groups is 1. The maximum absolute atomic E-state index is 13.8. The predicted molar refractivity (Wildman–Crippen MR) is 88.9 cm³/mol. The van der Waals surface area contributed by atoms with E-state index in [1.165, 1.54) is 6.20 Å². The molecule has 0 N–H and O–H groups in total. The fourth-order valence-corrected chi connectivity index (χ4v) is 5.44. The summed E-state index contributed by atoms with van der Waals surface area (Å²) in [6.07, 6.45) is 11.3. The molecule has 1 aromatic carbocycles. The van der Waals surface area contributed by atoms with Gasteiger partial charge in [0.15, 0.2) is 7.14 Å². The Hall–Kier alpha value is -2.25. The fraction of sp³-hybridized carbons (Fsp3) is 0.111. The molecule has 3 nitrogen and oxygen atoms in total. The minimum absolute atomic E-state index is 0.299. The van der Waals surface area contributed by atoms with Gasteiger partial charge >= 0.3 is 0 Å². The first kappa shape index (κ1) is 14.7. The maximum Gasteiger partial charge on any atom is 0.227 e. The van der Waals surface area contributed by atoms with Gasteiger partial charge < -0.3 is 4.57 Å². The van der Waals surface area contributed by atoms with Crippen LogP contribution in [0, 0.1) is 0 Å². The highest BCUT2D eigenvalue weighted by atomic mass is 31.2. The Balaban J connectivity index is 2.11. The molecule has 0 radical (unpaired) electrons. The Morgan fingerprint density at radius 2 is 1.91 bits per heavy atom. The Bertz CT molecular complexity index is 766. The zero-order chi connectivity index (χ0) is 15.4. The highest BCUT2D eigenvalue weighted by Gasteiger charge is 2.40. The van der Waals surface area contributed by atoms with E-state index in [0.29, 0.717) is 17.3 Å². The second-order valence-electron chi connectivity index (χ2n) is 5.16. The van der Waals surface area contributed by atoms with Gasteiger partial charge in [-0.2, -0.15) is 0 Å². The van der Waals surface area contributed by atoms with Crippen LogP contribution in [0.3, 0.4) is 0 Å². The maximum atomic E-state index is 13.8. The molecular formula is C18H16NO2P. The lowest BCUT2D eigenvalue weighted by Gasteiger charge is -2.25. The third-order valence-electron chi connectivity index (χ3n) is 3.78. The van der Waals surface area contributed by atoms with Crippen LogP contribution in [0.1, 0.15) is 16.8 Å². The zero-order valence-electron chi connectivity index (χ0n) is 12.0. The smallest absolute Gasteiger partial charge is 0.227 e. The van der Waals surface area contributed by atoms with Crippen molar-refractivity contribution in [2.24, 2.45) is 0 Å². The Morgan fingerprint density at radius 1 is 1.09 bits per heavy atom. The Labute approximate surface area is 129 Å². The summed E-state index contributed by atoms with van der Waals surface area (Å²) >= 11 is 0. The molecule has 2 unspecified atom stereocenters. The van der Waals surface area contributed by atoms with Crippen molar-refractivity contribution in [3.8, 4) is 0 Å². The van der Waals surface area contributed by atoms with E-state index in [2.05, 4.69) is 4.98 Å². The van der Waals surface area contributed by atoms with Crippen molar-refractivity contribution in [3.63, 3.8) is 0 Å². The third kappa shape index (κ3) is 2.60. The second kappa shape index (κ2) is 6.25. The molecule has 1 aliphatic rings. The number of carbonyl (C=O) groups excluding carboxylic acids is 1. The summed E-state index contributed by atoms with van der Waals surface area (Å²) in [5.74, 6) is 0. The summed E-state index contributed by atoms with van der Waals surface area (Å²) in [6, 6.07) is 12.4. The lowest BCUT2D eigenvalue weighted by Crippen LogP contribution is -2.23. The van der Waals surface area contributed by atoms with Crippen molar-refractivity contribution >= 4 is 18.0 Å². The fourth-order valence-electron chi connectivity index (χ4n) is 2.63. The molecule has 4 heteroatoms. The number of pyridine rings is 1. The molecule has 110 valence electrons. The standard InChI is InChI=1S/C18H16NO2P/c20-18(15-8-7-13-19-14-15)22(21,16-9-3-1-4-10-16)17-11-5-2-6-12-17/h1-11,13-14,17H,12H2. The molecule has 0 saturated carbocycles. The van der Waals surface area contributed by atoms with Crippen LogP contribution in [0.15, 0.2) is 79.2 Å². The molecule has 0 amide bonds. The first-order valence-corrected chi connectivity index (χ1v) is 8.94. The van der Waals surface area contributed by atoms with E-state index in [9.17, 15) is 9.36 Å². The van der Waals surface area contributed by atoms with Gasteiger partial charge in [0.2, 0.25) is 5.52 Å². The van der Waals surface area contributed by atoms with Crippen LogP contribution in [0.25, 0.3) is 0 Å². The molecule has 22 heavy (non-hydrogen) atoms. The second-order valence-corrected chi connectivity index (χ2v) is 8.06. The van der Waals surface area contributed by atoms with E-state index in [-0.39, 0.29) is 11.2 Å². The van der Waals surface area contributed by atoms with E-state index in [1.54, 1.807) is 30.5 Å². The molecule has 1 aliphatic carbocycles. The number of hydrogen-bond donors (Lipinski definition) is 0. The number of aromatic nitrogens is 1. The van der Waals surface area contributed by atoms with Crippen molar-refractivity contribution in [1.82, 2.24) is 4.98 Å². The quantitative estimate of drug-likeness (QED) is 0.807. The third-order valence-corrected chi connectivity index (χ3v) is 7.02. The van der Waals surface area contributed by atoms with Crippen molar-refractivity contribution < 1.29 is 9.36 Å². The van der Waals surface area contributed by atoms with Gasteiger partial charge in [0.1, 0.15) is 0 Å². The van der Waals surface area contributed by atoms with E-state index in [4.69, 9.17) is 0 Å². The van der Waals surface area contributed by atoms with E-state index in [0.717, 1.165) is 0 Å². The highest BCUT2D eigenvalue weighted by molar-refractivity contribution is 7.88. The van der Waals surface area contributed by atoms with Gasteiger partial charge in [-0.25, -0.2) is 0 Å². The molecule has 0 bridgehead atoms. The van der Waals surface area contributed by atoms with E-state index < -0.39 is 7.14 Å². The van der Waals surface area contributed by atoms with Gasteiger partial charge in [0.05, 0.1) is 0 Å². The average molecular weight is 309 g/mol. The molecule has 2 aromatic rings. The summed E-state index contributed by atoms with van der Waals surface area (Å²) < 4.78 is 13.8. The molecular weight excluding hydrogens is 293 g/mol. The van der Waals surface area contributed by atoms with Crippen molar-refractivity contribution in [2.75, 3.05) is 0 Å². The number of hydrogen-bond acceptors (Lipinski definition) is 3. The van der Waals surface area contributed by atoms with Crippen LogP contribution in [0.4, 0.5) is 0 Å². The zero-order valence-corrected chi connectivity index (χ0v) is 12.9. The van der Waals surface area contributed by atoms with Gasteiger partial charge in [-0.1, -0.05) is 54.6 Å². The normalized spacial score (nSPS) is 19.5. The van der Waals surface area contributed by atoms with Crippen molar-refractivity contribution in [1.29, 1.82) is 0 Å². The summed E-state index contributed by atoms with van der Waals surface area (Å²) in [4.78, 5) is 17.0. The minimum atomic E-state index is -3.28. The van der Waals surface area contributed by atoms with E-state index in [1.807, 2.05) is 42.5 Å². The first-order chi connectivity index (χ1) is 10.7. The monoisotopic (exact) mass is 309 g/mol. The first-order valence-electron chi connectivity index (χ1n) is 7.16. The largest absolute Gasteiger partial charge is 0.310 e. The van der Waals surface area contributed by atoms with Gasteiger partial charge in [0, 0.05) is 28.9 Å². The van der Waals surface area contributed by atoms with Gasteiger partial charge in [-0.05, 0) is 18.6 Å². The van der Waals surface area contributed by atoms with Crippen LogP contribution in [0.2, 0.25) is 0 Å². The van der Waals surface area contributed by atoms with Crippen LogP contribution in [0.5, 0.6) is 0 Å². The van der Waals surface area contributed by atoms with Crippen molar-refractivity contribution in [2.45, 2.75) is 12.1 Å². The lowest BCUT2D eigenvalue weighted by atomic mass is 10.2. The minimum Gasteiger partial charge on any atom is -0.310 e. The molecule has 0 spiro atoms. The summed E-state index contributed by atoms with van der Waals surface area (Å²) in [6.45, 7) is 0. The van der Waals surface area contributed by atoms with Crippen LogP contribution in [-0.2, 0) is 4.57 Å². The molecule has 0 saturated heterocycles. The van der Waals surface area contributed by atoms with Gasteiger partial charge in [0.25, 0.3) is 0 Å². The van der Waals surface area contributed by atoms with E-state index >= 15 is 0 Å². The molecule has 0 aliphatic heterocycles. The lowest BCUT2D eigenvalue weighted by molar-refractivity contribution is 0.107. The molecule has 1 aromatic heterocycles. The van der Waals surface area contributed by atoms with Crippen LogP contribution < -0.4 is 5.30 Å². The van der Waals surface area contributed by atoms with Crippen LogP contribution in [-0.4, -0.2) is 16.2 Å². The topological polar surface area (TPSA) is 47.0 Å². The number of benzene rings is 1. The van der Waals surface area contributed by atoms with Gasteiger partial charge in [-0.15, -0.1) is 0 Å². The Morgan fingerprint density at radius 3 is 2.55 bits per heavy atom. The highest BCUT2D eigenvalue weighted by Crippen LogP contribution is 2.54. The molecule has 1 heterocycles. The van der Waals surface area contributed by atoms with Crippen molar-refractivity contribution in [3.05, 3.63) is 84.7 Å². The SMILES string of the molecule is O=C(c1cccnc1)P(=O)(c1ccccc1)C1C=CC=CC1. The number of rotatable bonds is 4. The molecule has 3 rings (SSSR count). The molecule has 0 fully saturated rings. The number of allylic oxidation sites excluding steroid dienone is 4. The Kier molecular flexibility index (Phi) is 4.17. The van der Waals surface area contributed by atoms with Crippen LogP contribution >= 0.6 is 7.14 Å². The summed E-state index contributed by atoms with van der Waals surface area (Å²) in [5, 5.41) is 0.605. The summed E-state index contributed by atoms with van der Waals surface area (Å²) in [7, 11) is -3.28. The van der Waals surface area contributed by atoms with Gasteiger partial charge in [-0.3, -0.25) is 9.78 Å². The summed E-state index contributed by atoms with van der Waals surface area (Å²) in [5.41, 5.74) is -0.220. The average Bonchev–Trinajstić information content (AvgIpc) is 2.62. The predicted octanol–water partition coefficient (Wildman–Crippen LogP) is 3.80. The molecule has 2 atom stereocenters.